The van der Waals surface area contributed by atoms with E-state index in [1.165, 1.54) is 26.0 Å². The average Bonchev–Trinajstić information content (AvgIpc) is 2.32. The summed E-state index contributed by atoms with van der Waals surface area (Å²) >= 11 is 0. The zero-order valence-electron chi connectivity index (χ0n) is 11.3. The molecule has 0 aliphatic carbocycles. The van der Waals surface area contributed by atoms with Crippen molar-refractivity contribution in [2.24, 2.45) is 0 Å². The van der Waals surface area contributed by atoms with E-state index >= 15 is 0 Å². The third-order valence-corrected chi connectivity index (χ3v) is 2.35. The third-order valence-electron chi connectivity index (χ3n) is 2.35. The number of amides is 2. The normalized spacial score (nSPS) is 13.3. The molecule has 0 spiro atoms. The maximum Gasteiger partial charge on any atom is 0.326 e. The van der Waals surface area contributed by atoms with Crippen LogP contribution < -0.4 is 5.32 Å². The number of carboxylic acids is 1. The quantitative estimate of drug-likeness (QED) is 0.535. The second-order valence-electron chi connectivity index (χ2n) is 4.18. The minimum absolute atomic E-state index is 0.0593. The van der Waals surface area contributed by atoms with Crippen molar-refractivity contribution in [3.63, 3.8) is 0 Å². The first-order chi connectivity index (χ1) is 8.77. The number of carbonyl (C=O) groups excluding carboxylic acids is 2. The number of likely N-dealkylation sites (N-methyl/N-ethyl adjacent to an activating group) is 1. The molecular formula is C11H20N2O6. The fraction of sp³-hybridized carbons (Fsp3) is 0.727. The van der Waals surface area contributed by atoms with Gasteiger partial charge in [-0.05, 0) is 13.3 Å². The molecule has 8 heteroatoms. The van der Waals surface area contributed by atoms with E-state index in [0.29, 0.717) is 0 Å². The predicted octanol–water partition coefficient (Wildman–Crippen LogP) is -0.585. The predicted molar refractivity (Wildman–Crippen MR) is 65.5 cm³/mol. The van der Waals surface area contributed by atoms with E-state index in [4.69, 9.17) is 10.2 Å². The van der Waals surface area contributed by atoms with Crippen LogP contribution in [0.5, 0.6) is 0 Å². The van der Waals surface area contributed by atoms with Crippen molar-refractivity contribution in [3.8, 4) is 0 Å². The van der Waals surface area contributed by atoms with Crippen molar-refractivity contribution in [1.29, 1.82) is 0 Å². The van der Waals surface area contributed by atoms with Gasteiger partial charge in [0.25, 0.3) is 0 Å². The van der Waals surface area contributed by atoms with Crippen molar-refractivity contribution in [2.75, 3.05) is 20.7 Å². The minimum Gasteiger partial charge on any atom is -0.480 e. The summed E-state index contributed by atoms with van der Waals surface area (Å²) in [6.45, 7) is 1.59. The van der Waals surface area contributed by atoms with Gasteiger partial charge in [-0.2, -0.15) is 0 Å². The number of hydrogen-bond donors (Lipinski definition) is 3. The number of methoxy groups -OCH3 is 1. The molecule has 0 saturated carbocycles. The Morgan fingerprint density at radius 1 is 1.37 bits per heavy atom. The van der Waals surface area contributed by atoms with Crippen LogP contribution in [0.25, 0.3) is 0 Å². The van der Waals surface area contributed by atoms with Crippen LogP contribution in [-0.4, -0.2) is 65.9 Å². The lowest BCUT2D eigenvalue weighted by atomic mass is 10.1. The molecular weight excluding hydrogens is 256 g/mol. The van der Waals surface area contributed by atoms with E-state index in [1.807, 2.05) is 0 Å². The fourth-order valence-corrected chi connectivity index (χ4v) is 1.36. The van der Waals surface area contributed by atoms with Gasteiger partial charge in [-0.25, -0.2) is 9.59 Å². The van der Waals surface area contributed by atoms with Crippen LogP contribution in [0.2, 0.25) is 0 Å². The number of urea groups is 1. The number of nitrogens with zero attached hydrogens (tertiary/aromatic N) is 1. The average molecular weight is 276 g/mol. The highest BCUT2D eigenvalue weighted by atomic mass is 16.5. The van der Waals surface area contributed by atoms with Crippen LogP contribution in [0.4, 0.5) is 4.79 Å². The molecule has 0 aliphatic heterocycles. The highest BCUT2D eigenvalue weighted by Gasteiger charge is 2.23. The number of ether oxygens (including phenoxy) is 1. The standard InChI is InChI=1S/C11H20N2O6/c1-7(14)6-13(2)11(18)12-8(10(16)17)4-5-9(15)19-3/h7-8,14H,4-6H2,1-3H3,(H,12,18)(H,16,17)/t7?,8-/m0/s1. The summed E-state index contributed by atoms with van der Waals surface area (Å²) in [6, 6.07) is -1.80. The van der Waals surface area contributed by atoms with Crippen molar-refractivity contribution < 1.29 is 29.3 Å². The van der Waals surface area contributed by atoms with Crippen LogP contribution >= 0.6 is 0 Å². The second-order valence-corrected chi connectivity index (χ2v) is 4.18. The Labute approximate surface area is 111 Å². The van der Waals surface area contributed by atoms with Crippen LogP contribution in [0.1, 0.15) is 19.8 Å². The van der Waals surface area contributed by atoms with Gasteiger partial charge in [-0.3, -0.25) is 4.79 Å². The third kappa shape index (κ3) is 7.24. The minimum atomic E-state index is -1.23. The van der Waals surface area contributed by atoms with Crippen molar-refractivity contribution in [1.82, 2.24) is 10.2 Å². The maximum absolute atomic E-state index is 11.6. The molecule has 19 heavy (non-hydrogen) atoms. The summed E-state index contributed by atoms with van der Waals surface area (Å²) in [5.74, 6) is -1.78. The smallest absolute Gasteiger partial charge is 0.326 e. The van der Waals surface area contributed by atoms with E-state index < -0.39 is 30.1 Å². The molecule has 2 amide bonds. The molecule has 8 nitrogen and oxygen atoms in total. The van der Waals surface area contributed by atoms with Gasteiger partial charge in [0.15, 0.2) is 0 Å². The molecule has 0 aromatic rings. The van der Waals surface area contributed by atoms with Crippen LogP contribution in [0.15, 0.2) is 0 Å². The summed E-state index contributed by atoms with van der Waals surface area (Å²) < 4.78 is 4.40. The Hall–Kier alpha value is -1.83. The number of aliphatic hydroxyl groups is 1. The summed E-state index contributed by atoms with van der Waals surface area (Å²) in [7, 11) is 2.63. The van der Waals surface area contributed by atoms with Gasteiger partial charge >= 0.3 is 18.0 Å². The number of aliphatic hydroxyl groups excluding tert-OH is 1. The molecule has 0 saturated heterocycles. The van der Waals surface area contributed by atoms with Crippen LogP contribution in [0, 0.1) is 0 Å². The maximum atomic E-state index is 11.6. The van der Waals surface area contributed by atoms with Crippen molar-refractivity contribution in [3.05, 3.63) is 0 Å². The second kappa shape index (κ2) is 8.30. The van der Waals surface area contributed by atoms with Gasteiger partial charge in [-0.1, -0.05) is 0 Å². The molecule has 0 bridgehead atoms. The highest BCUT2D eigenvalue weighted by molar-refractivity contribution is 5.83. The van der Waals surface area contributed by atoms with E-state index in [-0.39, 0.29) is 19.4 Å². The first kappa shape index (κ1) is 17.2. The molecule has 0 fully saturated rings. The lowest BCUT2D eigenvalue weighted by Gasteiger charge is -2.22. The molecule has 2 atom stereocenters. The monoisotopic (exact) mass is 276 g/mol. The number of carbonyl (C=O) groups is 3. The van der Waals surface area contributed by atoms with Gasteiger partial charge in [0.05, 0.1) is 13.2 Å². The molecule has 0 heterocycles. The first-order valence-electron chi connectivity index (χ1n) is 5.77. The molecule has 3 N–H and O–H groups in total. The largest absolute Gasteiger partial charge is 0.480 e. The van der Waals surface area contributed by atoms with Gasteiger partial charge in [-0.15, -0.1) is 0 Å². The summed E-state index contributed by atoms with van der Waals surface area (Å²) in [5, 5.41) is 20.3. The number of rotatable bonds is 7. The van der Waals surface area contributed by atoms with E-state index in [0.717, 1.165) is 0 Å². The van der Waals surface area contributed by atoms with Crippen LogP contribution in [0.3, 0.4) is 0 Å². The Morgan fingerprint density at radius 2 is 1.95 bits per heavy atom. The molecule has 0 radical (unpaired) electrons. The van der Waals surface area contributed by atoms with E-state index in [2.05, 4.69) is 10.1 Å². The van der Waals surface area contributed by atoms with Crippen molar-refractivity contribution in [2.45, 2.75) is 31.9 Å². The number of carboxylic acid groups (broad SMARTS) is 1. The topological polar surface area (TPSA) is 116 Å². The molecule has 1 unspecified atom stereocenters. The molecule has 0 aromatic heterocycles. The molecule has 0 rings (SSSR count). The Morgan fingerprint density at radius 3 is 2.37 bits per heavy atom. The lowest BCUT2D eigenvalue weighted by molar-refractivity contribution is -0.142. The Bertz CT molecular complexity index is 331. The number of hydrogen-bond acceptors (Lipinski definition) is 5. The lowest BCUT2D eigenvalue weighted by Crippen LogP contribution is -2.48. The zero-order valence-corrected chi connectivity index (χ0v) is 11.3. The Kier molecular flexibility index (Phi) is 7.50. The SMILES string of the molecule is COC(=O)CC[C@H](NC(=O)N(C)CC(C)O)C(=O)O. The van der Waals surface area contributed by atoms with Crippen LogP contribution in [-0.2, 0) is 14.3 Å². The highest BCUT2D eigenvalue weighted by Crippen LogP contribution is 2.01. The number of aliphatic carboxylic acids is 1. The zero-order chi connectivity index (χ0) is 15.0. The first-order valence-corrected chi connectivity index (χ1v) is 5.77. The number of esters is 1. The Balaban J connectivity index is 4.37. The van der Waals surface area contributed by atoms with Gasteiger partial charge < -0.3 is 25.2 Å². The fourth-order valence-electron chi connectivity index (χ4n) is 1.36. The molecule has 110 valence electrons. The summed E-state index contributed by atoms with van der Waals surface area (Å²) in [4.78, 5) is 34.7. The van der Waals surface area contributed by atoms with Gasteiger partial charge in [0.2, 0.25) is 0 Å². The summed E-state index contributed by atoms with van der Waals surface area (Å²) in [5.41, 5.74) is 0. The van der Waals surface area contributed by atoms with E-state index in [1.54, 1.807) is 0 Å². The van der Waals surface area contributed by atoms with Gasteiger partial charge in [0, 0.05) is 20.0 Å². The van der Waals surface area contributed by atoms with Gasteiger partial charge in [0.1, 0.15) is 6.04 Å². The van der Waals surface area contributed by atoms with E-state index in [9.17, 15) is 14.4 Å². The molecule has 0 aromatic carbocycles. The number of nitrogens with one attached hydrogen (secondary N) is 1. The van der Waals surface area contributed by atoms with Crippen molar-refractivity contribution >= 4 is 18.0 Å². The molecule has 0 aliphatic rings. The summed E-state index contributed by atoms with van der Waals surface area (Å²) in [6.07, 6.45) is -0.876.